The number of nitrogens with one attached hydrogen (secondary N) is 2. The van der Waals surface area contributed by atoms with Crippen LogP contribution in [0.3, 0.4) is 0 Å². The average Bonchev–Trinajstić information content (AvgIpc) is 3.03. The van der Waals surface area contributed by atoms with Gasteiger partial charge in [-0.05, 0) is 43.5 Å². The van der Waals surface area contributed by atoms with Crippen molar-refractivity contribution in [2.24, 2.45) is 0 Å². The molecule has 1 aromatic heterocycles. The molecule has 3 aromatic rings. The Kier molecular flexibility index (Phi) is 5.77. The molecule has 2 heterocycles. The summed E-state index contributed by atoms with van der Waals surface area (Å²) in [5.74, 6) is 0.109. The molecule has 0 aliphatic carbocycles. The third-order valence-corrected chi connectivity index (χ3v) is 5.88. The quantitative estimate of drug-likeness (QED) is 0.679. The Morgan fingerprint density at radius 2 is 1.89 bits per heavy atom. The van der Waals surface area contributed by atoms with E-state index < -0.39 is 0 Å². The molecule has 0 bridgehead atoms. The number of hydrogen-bond donors (Lipinski definition) is 2. The largest absolute Gasteiger partial charge is 0.358 e. The van der Waals surface area contributed by atoms with Crippen LogP contribution in [-0.4, -0.2) is 34.9 Å². The molecule has 4 nitrogen and oxygen atoms in total. The number of nitrogens with zero attached hydrogens (tertiary/aromatic N) is 1. The first kappa shape index (κ1) is 18.8. The minimum atomic E-state index is 0.109. The number of para-hydroxylation sites is 1. The molecule has 0 spiro atoms. The summed E-state index contributed by atoms with van der Waals surface area (Å²) in [6, 6.07) is 19.2. The molecular formula is C24H29N3O. The van der Waals surface area contributed by atoms with Crippen LogP contribution in [0.25, 0.3) is 10.9 Å². The molecule has 4 rings (SSSR count). The van der Waals surface area contributed by atoms with Gasteiger partial charge in [0.25, 0.3) is 0 Å². The number of fused-ring (bicyclic) bond motifs is 1. The Morgan fingerprint density at radius 1 is 1.11 bits per heavy atom. The van der Waals surface area contributed by atoms with Crippen molar-refractivity contribution >= 4 is 16.8 Å². The highest BCUT2D eigenvalue weighted by Crippen LogP contribution is 2.23. The lowest BCUT2D eigenvalue weighted by Crippen LogP contribution is -2.46. The molecule has 1 atom stereocenters. The summed E-state index contributed by atoms with van der Waals surface area (Å²) in [5.41, 5.74) is 4.64. The maximum Gasteiger partial charge on any atom is 0.224 e. The summed E-state index contributed by atoms with van der Waals surface area (Å²) in [5, 5.41) is 4.36. The molecular weight excluding hydrogens is 346 g/mol. The van der Waals surface area contributed by atoms with Crippen molar-refractivity contribution in [3.05, 3.63) is 71.4 Å². The Hall–Kier alpha value is -2.59. The van der Waals surface area contributed by atoms with Crippen molar-refractivity contribution in [2.75, 3.05) is 13.1 Å². The van der Waals surface area contributed by atoms with Gasteiger partial charge in [-0.1, -0.05) is 55.0 Å². The zero-order valence-corrected chi connectivity index (χ0v) is 16.6. The molecule has 2 N–H and O–H groups in total. The Bertz CT molecular complexity index is 931. The molecule has 1 aliphatic rings. The van der Waals surface area contributed by atoms with Gasteiger partial charge in [0.05, 0.1) is 6.42 Å². The van der Waals surface area contributed by atoms with Crippen molar-refractivity contribution in [3.63, 3.8) is 0 Å². The summed E-state index contributed by atoms with van der Waals surface area (Å²) < 4.78 is 0. The third kappa shape index (κ3) is 4.28. The summed E-state index contributed by atoms with van der Waals surface area (Å²) in [7, 11) is 0. The van der Waals surface area contributed by atoms with E-state index in [2.05, 4.69) is 57.7 Å². The lowest BCUT2D eigenvalue weighted by Gasteiger charge is -2.36. The molecule has 2 aromatic carbocycles. The van der Waals surface area contributed by atoms with Crippen LogP contribution in [-0.2, 0) is 17.8 Å². The summed E-state index contributed by atoms with van der Waals surface area (Å²) in [4.78, 5) is 18.6. The minimum Gasteiger partial charge on any atom is -0.358 e. The zero-order valence-electron chi connectivity index (χ0n) is 16.6. The van der Waals surface area contributed by atoms with Crippen molar-refractivity contribution in [2.45, 2.75) is 45.2 Å². The van der Waals surface area contributed by atoms with E-state index in [1.54, 1.807) is 0 Å². The highest BCUT2D eigenvalue weighted by Gasteiger charge is 2.23. The summed E-state index contributed by atoms with van der Waals surface area (Å²) in [6.45, 7) is 4.85. The monoisotopic (exact) mass is 375 g/mol. The maximum absolute atomic E-state index is 12.7. The second-order valence-corrected chi connectivity index (χ2v) is 7.86. The highest BCUT2D eigenvalue weighted by atomic mass is 16.1. The second-order valence-electron chi connectivity index (χ2n) is 7.86. The number of hydrogen-bond acceptors (Lipinski definition) is 2. The van der Waals surface area contributed by atoms with Crippen molar-refractivity contribution < 1.29 is 4.79 Å². The fraction of sp³-hybridized carbons (Fsp3) is 0.375. The van der Waals surface area contributed by atoms with Crippen LogP contribution in [0.5, 0.6) is 0 Å². The van der Waals surface area contributed by atoms with E-state index in [9.17, 15) is 4.79 Å². The predicted molar refractivity (Wildman–Crippen MR) is 114 cm³/mol. The van der Waals surface area contributed by atoms with E-state index in [-0.39, 0.29) is 5.91 Å². The molecule has 1 fully saturated rings. The molecule has 1 aliphatic heterocycles. The third-order valence-electron chi connectivity index (χ3n) is 5.88. The van der Waals surface area contributed by atoms with Gasteiger partial charge in [0.15, 0.2) is 0 Å². The Morgan fingerprint density at radius 3 is 2.75 bits per heavy atom. The number of piperidine rings is 1. The number of benzene rings is 2. The molecule has 0 radical (unpaired) electrons. The number of H-pyrrole nitrogens is 1. The second kappa shape index (κ2) is 8.61. The molecule has 1 amide bonds. The molecule has 1 saturated heterocycles. The van der Waals surface area contributed by atoms with E-state index >= 15 is 0 Å². The minimum absolute atomic E-state index is 0.109. The summed E-state index contributed by atoms with van der Waals surface area (Å²) >= 11 is 0. The summed E-state index contributed by atoms with van der Waals surface area (Å²) in [6.07, 6.45) is 4.07. The number of likely N-dealkylation sites (tertiary alicyclic amines) is 1. The zero-order chi connectivity index (χ0) is 19.3. The molecule has 0 saturated carbocycles. The fourth-order valence-corrected chi connectivity index (χ4v) is 4.33. The molecule has 28 heavy (non-hydrogen) atoms. The van der Waals surface area contributed by atoms with Gasteiger partial charge in [0.2, 0.25) is 5.91 Å². The van der Waals surface area contributed by atoms with Crippen LogP contribution < -0.4 is 5.32 Å². The van der Waals surface area contributed by atoms with Crippen molar-refractivity contribution in [1.29, 1.82) is 0 Å². The topological polar surface area (TPSA) is 48.1 Å². The van der Waals surface area contributed by atoms with E-state index in [1.165, 1.54) is 18.4 Å². The SMILES string of the molecule is Cc1[nH]c2ccccc2c1CC(=O)NCC1CCCCN1Cc1ccccc1. The maximum atomic E-state index is 12.7. The van der Waals surface area contributed by atoms with Crippen LogP contribution in [0.15, 0.2) is 54.6 Å². The van der Waals surface area contributed by atoms with Crippen LogP contribution in [0.4, 0.5) is 0 Å². The first-order chi connectivity index (χ1) is 13.7. The first-order valence-corrected chi connectivity index (χ1v) is 10.3. The number of aromatic nitrogens is 1. The van der Waals surface area contributed by atoms with Gasteiger partial charge in [-0.15, -0.1) is 0 Å². The Labute approximate surface area is 166 Å². The lowest BCUT2D eigenvalue weighted by molar-refractivity contribution is -0.120. The van der Waals surface area contributed by atoms with Gasteiger partial charge in [-0.25, -0.2) is 0 Å². The van der Waals surface area contributed by atoms with Crippen LogP contribution >= 0.6 is 0 Å². The highest BCUT2D eigenvalue weighted by molar-refractivity contribution is 5.90. The average molecular weight is 376 g/mol. The number of aromatic amines is 1. The van der Waals surface area contributed by atoms with E-state index in [1.807, 2.05) is 19.1 Å². The van der Waals surface area contributed by atoms with Crippen molar-refractivity contribution in [1.82, 2.24) is 15.2 Å². The molecule has 1 unspecified atom stereocenters. The van der Waals surface area contributed by atoms with Crippen LogP contribution in [0.1, 0.15) is 36.1 Å². The van der Waals surface area contributed by atoms with Gasteiger partial charge in [-0.2, -0.15) is 0 Å². The van der Waals surface area contributed by atoms with E-state index in [4.69, 9.17) is 0 Å². The van der Waals surface area contributed by atoms with Crippen LogP contribution in [0.2, 0.25) is 0 Å². The smallest absolute Gasteiger partial charge is 0.224 e. The first-order valence-electron chi connectivity index (χ1n) is 10.3. The number of carbonyl (C=O) groups excluding carboxylic acids is 1. The van der Waals surface area contributed by atoms with Gasteiger partial charge < -0.3 is 10.3 Å². The number of carbonyl (C=O) groups is 1. The van der Waals surface area contributed by atoms with Gasteiger partial charge in [0.1, 0.15) is 0 Å². The Balaban J connectivity index is 1.37. The van der Waals surface area contributed by atoms with Gasteiger partial charge in [0, 0.05) is 35.7 Å². The standard InChI is InChI=1S/C24H29N3O/c1-18-22(21-12-5-6-13-23(21)26-18)15-24(28)25-16-20-11-7-8-14-27(20)17-19-9-3-2-4-10-19/h2-6,9-10,12-13,20,26H,7-8,11,14-17H2,1H3,(H,25,28). The van der Waals surface area contributed by atoms with Gasteiger partial charge >= 0.3 is 0 Å². The van der Waals surface area contributed by atoms with Crippen LogP contribution in [0, 0.1) is 6.92 Å². The molecule has 4 heteroatoms. The predicted octanol–water partition coefficient (Wildman–Crippen LogP) is 4.19. The van der Waals surface area contributed by atoms with Crippen molar-refractivity contribution in [3.8, 4) is 0 Å². The normalized spacial score (nSPS) is 17.7. The van der Waals surface area contributed by atoms with E-state index in [0.717, 1.165) is 48.2 Å². The number of amides is 1. The fourth-order valence-electron chi connectivity index (χ4n) is 4.33. The number of rotatable bonds is 6. The van der Waals surface area contributed by atoms with Gasteiger partial charge in [-0.3, -0.25) is 9.69 Å². The lowest BCUT2D eigenvalue weighted by atomic mass is 10.0. The number of aryl methyl sites for hydroxylation is 1. The molecule has 146 valence electrons. The van der Waals surface area contributed by atoms with E-state index in [0.29, 0.717) is 12.5 Å².